The molecule has 17 nitrogen and oxygen atoms in total. The second-order valence-corrected chi connectivity index (χ2v) is 31.0. The minimum Gasteiger partial charge on any atom is -0.497 e. The van der Waals surface area contributed by atoms with Crippen LogP contribution in [0.5, 0.6) is 5.75 Å². The average molecular weight is 1650 g/mol. The first-order chi connectivity index (χ1) is 60.1. The lowest BCUT2D eigenvalue weighted by Gasteiger charge is -2.07. The molecule has 0 spiro atoms. The minimum atomic E-state index is -0.145. The van der Waals surface area contributed by atoms with Crippen LogP contribution in [0.1, 0.15) is 61.7 Å². The van der Waals surface area contributed by atoms with E-state index in [0.717, 1.165) is 123 Å². The van der Waals surface area contributed by atoms with Gasteiger partial charge in [0.15, 0.2) is 22.6 Å². The van der Waals surface area contributed by atoms with Crippen molar-refractivity contribution in [3.63, 3.8) is 0 Å². The summed E-state index contributed by atoms with van der Waals surface area (Å²) >= 11 is 12.2. The molecular weight excluding hydrogens is 1570 g/mol. The van der Waals surface area contributed by atoms with E-state index in [-0.39, 0.29) is 22.2 Å². The normalized spacial score (nSPS) is 11.1. The number of H-pyrrole nitrogens is 4. The molecule has 8 aromatic heterocycles. The molecule has 4 N–H and O–H groups in total. The van der Waals surface area contributed by atoms with Crippen molar-refractivity contribution in [1.29, 1.82) is 0 Å². The van der Waals surface area contributed by atoms with E-state index in [1.807, 2.05) is 288 Å². The number of hydrogen-bond donors (Lipinski definition) is 4. The average Bonchev–Trinajstić information content (AvgIpc) is 1.63. The highest BCUT2D eigenvalue weighted by molar-refractivity contribution is 6.31. The lowest BCUT2D eigenvalue weighted by Crippen LogP contribution is -2.14. The van der Waals surface area contributed by atoms with Crippen molar-refractivity contribution in [2.45, 2.75) is 46.5 Å². The molecule has 8 heterocycles. The molecule has 0 bridgehead atoms. The number of rotatable bonds is 17. The van der Waals surface area contributed by atoms with Gasteiger partial charge >= 0.3 is 0 Å². The van der Waals surface area contributed by atoms with Gasteiger partial charge in [-0.1, -0.05) is 331 Å². The largest absolute Gasteiger partial charge is 0.497 e. The molecule has 19 heteroatoms. The molecular formula is C104H82Cl2N12O5. The van der Waals surface area contributed by atoms with Crippen LogP contribution in [0.25, 0.3) is 112 Å². The van der Waals surface area contributed by atoms with Gasteiger partial charge in [0, 0.05) is 127 Å². The van der Waals surface area contributed by atoms with Crippen LogP contribution < -0.4 is 27.0 Å². The van der Waals surface area contributed by atoms with Gasteiger partial charge in [0.25, 0.3) is 22.2 Å². The zero-order valence-corrected chi connectivity index (χ0v) is 69.2. The third-order valence-corrected chi connectivity index (χ3v) is 22.0. The van der Waals surface area contributed by atoms with Crippen molar-refractivity contribution in [2.75, 3.05) is 7.11 Å². The van der Waals surface area contributed by atoms with E-state index in [2.05, 4.69) is 81.1 Å². The second kappa shape index (κ2) is 36.1. The fourth-order valence-electron chi connectivity index (χ4n) is 15.2. The number of nitrogens with zero attached hydrogens (tertiary/aromatic N) is 8. The Labute approximate surface area is 718 Å². The van der Waals surface area contributed by atoms with Crippen molar-refractivity contribution >= 4 is 45.8 Å². The number of hydrogen-bond acceptors (Lipinski definition) is 9. The first-order valence-electron chi connectivity index (χ1n) is 40.3. The van der Waals surface area contributed by atoms with Crippen LogP contribution >= 0.6 is 23.2 Å². The smallest absolute Gasteiger partial charge is 0.273 e. The highest BCUT2D eigenvalue weighted by atomic mass is 35.5. The predicted molar refractivity (Wildman–Crippen MR) is 495 cm³/mol. The molecule has 0 unspecified atom stereocenters. The van der Waals surface area contributed by atoms with Gasteiger partial charge in [-0.25, -0.2) is 38.0 Å². The highest BCUT2D eigenvalue weighted by Crippen LogP contribution is 2.37. The van der Waals surface area contributed by atoms with Gasteiger partial charge in [0.05, 0.1) is 29.9 Å². The molecule has 0 fully saturated rings. The summed E-state index contributed by atoms with van der Waals surface area (Å²) in [5, 5.41) is 14.5. The summed E-state index contributed by atoms with van der Waals surface area (Å²) in [6, 6.07) is 114. The quantitative estimate of drug-likeness (QED) is 0.0682. The summed E-state index contributed by atoms with van der Waals surface area (Å²) < 4.78 is 11.5. The fraction of sp³-hybridized carbons (Fsp3) is 0.0769. The Morgan fingerprint density at radius 2 is 0.463 bits per heavy atom. The first kappa shape index (κ1) is 80.1. The number of benzene rings is 12. The zero-order valence-electron chi connectivity index (χ0n) is 67.7. The number of methoxy groups -OCH3 is 1. The maximum atomic E-state index is 13.1. The van der Waals surface area contributed by atoms with E-state index < -0.39 is 0 Å². The zero-order chi connectivity index (χ0) is 84.5. The Kier molecular flexibility index (Phi) is 23.5. The van der Waals surface area contributed by atoms with Crippen molar-refractivity contribution in [1.82, 2.24) is 58.4 Å². The Morgan fingerprint density at radius 3 is 0.707 bits per heavy atom. The Bertz CT molecular complexity index is 7360. The number of aromatic amines is 4. The van der Waals surface area contributed by atoms with Gasteiger partial charge in [0.2, 0.25) is 0 Å². The Hall–Kier alpha value is -15.3. The topological polar surface area (TPSA) is 210 Å². The summed E-state index contributed by atoms with van der Waals surface area (Å²) in [5.74, 6) is 0.781. The number of nitrogens with one attached hydrogen (secondary N) is 4. The third kappa shape index (κ3) is 18.0. The molecule has 0 saturated heterocycles. The summed E-state index contributed by atoms with van der Waals surface area (Å²) in [6.45, 7) is 6.12. The lowest BCUT2D eigenvalue weighted by atomic mass is 10.0. The van der Waals surface area contributed by atoms with Crippen molar-refractivity contribution < 1.29 is 4.74 Å². The van der Waals surface area contributed by atoms with Crippen LogP contribution in [0.2, 0.25) is 10.0 Å². The number of aromatic nitrogens is 12. The number of halogens is 2. The first-order valence-corrected chi connectivity index (χ1v) is 41.1. The molecule has 12 aromatic carbocycles. The van der Waals surface area contributed by atoms with Gasteiger partial charge in [-0.2, -0.15) is 0 Å². The standard InChI is InChI=1S/C27H23N3O2.C26H20ClN3O.C26H21N3O.C25H18ClN3O/c1-18-8-10-20(11-9-18)23-17-25(31)30-27(28-23)26(21-12-14-22(32-2)15-13-21)24(29-30)16-19-6-4-3-5-7-19;1-17-7-9-19(10-8-17)22-16-24(31)30-26(28-22)25(20-11-13-21(27)14-12-20)23(29-30)15-18-5-3-2-4-6-18;1-18-12-14-20(15-13-18)22-17-24(30)29-26(27-22)25(21-10-6-3-7-11-21)23(28-29)16-19-8-4-2-5-9-19;26-20-13-11-19(12-14-20)24-22(15-17-7-3-1-4-8-17)28-29-23(30)16-21(27-25(24)29)18-9-5-2-6-10-18/h3-15,17,29H,16H2,1-2H3;2-14,16,29H,15H2,1H3;2-15,17,28H,16H2,1H3;1-14,16,28H,15H2. The molecule has 20 aromatic rings. The molecule has 0 aliphatic heterocycles. The lowest BCUT2D eigenvalue weighted by molar-refractivity contribution is 0.415. The van der Waals surface area contributed by atoms with E-state index in [1.165, 1.54) is 24.7 Å². The van der Waals surface area contributed by atoms with Crippen molar-refractivity contribution in [3.8, 4) is 95.3 Å². The Balaban J connectivity index is 0.000000116. The van der Waals surface area contributed by atoms with Crippen LogP contribution in [0.3, 0.4) is 0 Å². The molecule has 0 aliphatic rings. The Morgan fingerprint density at radius 1 is 0.260 bits per heavy atom. The molecule has 0 amide bonds. The van der Waals surface area contributed by atoms with E-state index in [1.54, 1.807) is 35.9 Å². The number of aryl methyl sites for hydroxylation is 3. The van der Waals surface area contributed by atoms with Gasteiger partial charge in [-0.3, -0.25) is 39.6 Å². The monoisotopic (exact) mass is 1650 g/mol. The van der Waals surface area contributed by atoms with Crippen LogP contribution in [-0.4, -0.2) is 65.5 Å². The van der Waals surface area contributed by atoms with E-state index >= 15 is 0 Å². The molecule has 0 saturated carbocycles. The van der Waals surface area contributed by atoms with Crippen molar-refractivity contribution in [3.05, 3.63) is 465 Å². The molecule has 0 aliphatic carbocycles. The number of fused-ring (bicyclic) bond motifs is 4. The minimum absolute atomic E-state index is 0.118. The van der Waals surface area contributed by atoms with E-state index in [9.17, 15) is 19.2 Å². The summed E-state index contributed by atoms with van der Waals surface area (Å²) in [7, 11) is 1.65. The molecule has 20 rings (SSSR count). The highest BCUT2D eigenvalue weighted by Gasteiger charge is 2.24. The van der Waals surface area contributed by atoms with E-state index in [0.29, 0.717) is 81.1 Å². The molecule has 0 atom stereocenters. The van der Waals surface area contributed by atoms with Crippen LogP contribution in [-0.2, 0) is 25.7 Å². The third-order valence-electron chi connectivity index (χ3n) is 21.5. The maximum absolute atomic E-state index is 13.1. The molecule has 123 heavy (non-hydrogen) atoms. The predicted octanol–water partition coefficient (Wildman–Crippen LogP) is 22.0. The van der Waals surface area contributed by atoms with Gasteiger partial charge in [-0.05, 0) is 102 Å². The van der Waals surface area contributed by atoms with Crippen LogP contribution in [0, 0.1) is 20.8 Å². The van der Waals surface area contributed by atoms with Gasteiger partial charge in [0.1, 0.15) is 5.75 Å². The van der Waals surface area contributed by atoms with Crippen LogP contribution in [0.4, 0.5) is 0 Å². The number of ether oxygens (including phenoxy) is 1. The summed E-state index contributed by atoms with van der Waals surface area (Å²) in [6.07, 6.45) is 2.66. The second-order valence-electron chi connectivity index (χ2n) is 30.1. The summed E-state index contributed by atoms with van der Waals surface area (Å²) in [5.41, 5.74) is 27.8. The maximum Gasteiger partial charge on any atom is 0.273 e. The van der Waals surface area contributed by atoms with Gasteiger partial charge < -0.3 is 4.74 Å². The van der Waals surface area contributed by atoms with Gasteiger partial charge in [-0.15, -0.1) is 0 Å². The van der Waals surface area contributed by atoms with E-state index in [4.69, 9.17) is 47.9 Å². The SMILES string of the molecule is COc1ccc(-c2c(Cc3ccccc3)[nH]n3c(=O)cc(-c4ccc(C)cc4)nc23)cc1.Cc1ccc(-c2cc(=O)n3[nH]c(Cc4ccccc4)c(-c4ccc(Cl)cc4)c3n2)cc1.Cc1ccc(-c2cc(=O)n3[nH]c(Cc4ccccc4)c(-c4ccccc4)c3n2)cc1.O=c1cc(-c2ccccc2)nc2c(-c3ccc(Cl)cc3)c(Cc3ccccc3)[nH]n12. The summed E-state index contributed by atoms with van der Waals surface area (Å²) in [4.78, 5) is 71.6. The van der Waals surface area contributed by atoms with Crippen molar-refractivity contribution in [2.24, 2.45) is 0 Å². The molecule has 0 radical (unpaired) electrons. The van der Waals surface area contributed by atoms with Crippen LogP contribution in [0.15, 0.2) is 371 Å². The fourth-order valence-corrected chi connectivity index (χ4v) is 15.5. The molecule has 602 valence electrons.